The SMILES string of the molecule is CC(=O)C(Cc1ccco1)OCCO. The third kappa shape index (κ3) is 3.32. The van der Waals surface area contributed by atoms with Crippen molar-refractivity contribution in [1.82, 2.24) is 0 Å². The van der Waals surface area contributed by atoms with Gasteiger partial charge in [0, 0.05) is 6.42 Å². The highest BCUT2D eigenvalue weighted by atomic mass is 16.5. The Morgan fingerprint density at radius 2 is 2.50 bits per heavy atom. The molecule has 0 amide bonds. The van der Waals surface area contributed by atoms with Crippen LogP contribution in [0.5, 0.6) is 0 Å². The van der Waals surface area contributed by atoms with Crippen LogP contribution in [0.15, 0.2) is 22.8 Å². The standard InChI is InChI=1S/C10H14O4/c1-8(12)10(14-6-4-11)7-9-3-2-5-13-9/h2-3,5,10-11H,4,6-7H2,1H3. The lowest BCUT2D eigenvalue weighted by molar-refractivity contribution is -0.129. The molecule has 1 rings (SSSR count). The molecule has 0 aliphatic rings. The smallest absolute Gasteiger partial charge is 0.158 e. The van der Waals surface area contributed by atoms with Gasteiger partial charge >= 0.3 is 0 Å². The summed E-state index contributed by atoms with van der Waals surface area (Å²) >= 11 is 0. The van der Waals surface area contributed by atoms with Crippen molar-refractivity contribution >= 4 is 5.78 Å². The first-order valence-corrected chi connectivity index (χ1v) is 4.49. The van der Waals surface area contributed by atoms with Crippen molar-refractivity contribution in [3.63, 3.8) is 0 Å². The van der Waals surface area contributed by atoms with Gasteiger partial charge in [-0.2, -0.15) is 0 Å². The summed E-state index contributed by atoms with van der Waals surface area (Å²) in [6.07, 6.45) is 1.45. The first-order valence-electron chi connectivity index (χ1n) is 4.49. The number of furan rings is 1. The largest absolute Gasteiger partial charge is 0.469 e. The highest BCUT2D eigenvalue weighted by molar-refractivity contribution is 5.80. The molecule has 0 fully saturated rings. The molecule has 0 radical (unpaired) electrons. The van der Waals surface area contributed by atoms with E-state index in [1.54, 1.807) is 18.4 Å². The van der Waals surface area contributed by atoms with E-state index < -0.39 is 6.10 Å². The minimum atomic E-state index is -0.520. The first-order chi connectivity index (χ1) is 6.74. The van der Waals surface area contributed by atoms with Crippen molar-refractivity contribution < 1.29 is 19.1 Å². The fourth-order valence-corrected chi connectivity index (χ4v) is 1.13. The van der Waals surface area contributed by atoms with Crippen molar-refractivity contribution in [2.24, 2.45) is 0 Å². The molecule has 1 heterocycles. The number of aliphatic hydroxyl groups is 1. The van der Waals surface area contributed by atoms with Gasteiger partial charge in [0.2, 0.25) is 0 Å². The van der Waals surface area contributed by atoms with Crippen molar-refractivity contribution in [1.29, 1.82) is 0 Å². The van der Waals surface area contributed by atoms with Gasteiger partial charge in [-0.25, -0.2) is 0 Å². The van der Waals surface area contributed by atoms with Crippen LogP contribution in [0.3, 0.4) is 0 Å². The lowest BCUT2D eigenvalue weighted by Crippen LogP contribution is -2.25. The van der Waals surface area contributed by atoms with E-state index in [0.29, 0.717) is 12.2 Å². The lowest BCUT2D eigenvalue weighted by Gasteiger charge is -2.12. The summed E-state index contributed by atoms with van der Waals surface area (Å²) in [6, 6.07) is 3.55. The quantitative estimate of drug-likeness (QED) is 0.734. The number of aliphatic hydroxyl groups excluding tert-OH is 1. The van der Waals surface area contributed by atoms with Crippen LogP contribution in [-0.2, 0) is 16.0 Å². The fraction of sp³-hybridized carbons (Fsp3) is 0.500. The average Bonchev–Trinajstić information content (AvgIpc) is 2.64. The number of Topliss-reactive ketones (excluding diaryl/α,β-unsaturated/α-hetero) is 1. The van der Waals surface area contributed by atoms with E-state index in [2.05, 4.69) is 0 Å². The summed E-state index contributed by atoms with van der Waals surface area (Å²) < 4.78 is 10.3. The zero-order valence-corrected chi connectivity index (χ0v) is 8.10. The summed E-state index contributed by atoms with van der Waals surface area (Å²) in [5.74, 6) is 0.651. The summed E-state index contributed by atoms with van der Waals surface area (Å²) in [5.41, 5.74) is 0. The maximum absolute atomic E-state index is 11.1. The molecule has 0 aliphatic heterocycles. The van der Waals surface area contributed by atoms with Gasteiger partial charge < -0.3 is 14.3 Å². The molecule has 1 aromatic heterocycles. The summed E-state index contributed by atoms with van der Waals surface area (Å²) in [6.45, 7) is 1.55. The molecule has 0 aliphatic carbocycles. The van der Waals surface area contributed by atoms with Gasteiger partial charge in [0.15, 0.2) is 5.78 Å². The van der Waals surface area contributed by atoms with E-state index >= 15 is 0 Å². The van der Waals surface area contributed by atoms with E-state index in [1.165, 1.54) is 6.92 Å². The molecule has 1 aromatic rings. The Bertz CT molecular complexity index is 266. The highest BCUT2D eigenvalue weighted by Crippen LogP contribution is 2.07. The Morgan fingerprint density at radius 3 is 3.00 bits per heavy atom. The Labute approximate surface area is 82.5 Å². The van der Waals surface area contributed by atoms with Crippen LogP contribution in [0.25, 0.3) is 0 Å². The average molecular weight is 198 g/mol. The van der Waals surface area contributed by atoms with Crippen LogP contribution in [0, 0.1) is 0 Å². The minimum absolute atomic E-state index is 0.0603. The van der Waals surface area contributed by atoms with Gasteiger partial charge in [-0.1, -0.05) is 0 Å². The number of carbonyl (C=O) groups is 1. The summed E-state index contributed by atoms with van der Waals surface area (Å²) in [7, 11) is 0. The number of ketones is 1. The van der Waals surface area contributed by atoms with Gasteiger partial charge in [-0.15, -0.1) is 0 Å². The summed E-state index contributed by atoms with van der Waals surface area (Å²) in [4.78, 5) is 11.1. The molecule has 14 heavy (non-hydrogen) atoms. The van der Waals surface area contributed by atoms with Crippen molar-refractivity contribution in [3.8, 4) is 0 Å². The van der Waals surface area contributed by atoms with Crippen molar-refractivity contribution in [2.75, 3.05) is 13.2 Å². The van der Waals surface area contributed by atoms with E-state index in [-0.39, 0.29) is 19.0 Å². The van der Waals surface area contributed by atoms with Crippen molar-refractivity contribution in [3.05, 3.63) is 24.2 Å². The Balaban J connectivity index is 2.47. The molecule has 4 nitrogen and oxygen atoms in total. The van der Waals surface area contributed by atoms with E-state index in [0.717, 1.165) is 0 Å². The summed E-state index contributed by atoms with van der Waals surface area (Å²) in [5, 5.41) is 8.56. The van der Waals surface area contributed by atoms with Gasteiger partial charge in [0.1, 0.15) is 11.9 Å². The van der Waals surface area contributed by atoms with Crippen LogP contribution in [-0.4, -0.2) is 30.2 Å². The molecular formula is C10H14O4. The molecule has 0 saturated heterocycles. The molecule has 78 valence electrons. The second-order valence-corrected chi connectivity index (χ2v) is 2.98. The number of ether oxygens (including phenoxy) is 1. The second-order valence-electron chi connectivity index (χ2n) is 2.98. The fourth-order valence-electron chi connectivity index (χ4n) is 1.13. The van der Waals surface area contributed by atoms with Gasteiger partial charge in [0.25, 0.3) is 0 Å². The Kier molecular flexibility index (Phi) is 4.35. The Morgan fingerprint density at radius 1 is 1.71 bits per heavy atom. The predicted molar refractivity (Wildman–Crippen MR) is 49.9 cm³/mol. The zero-order valence-electron chi connectivity index (χ0n) is 8.10. The monoisotopic (exact) mass is 198 g/mol. The van der Waals surface area contributed by atoms with E-state index in [9.17, 15) is 4.79 Å². The molecule has 1 N–H and O–H groups in total. The van der Waals surface area contributed by atoms with Crippen LogP contribution in [0.1, 0.15) is 12.7 Å². The number of hydrogen-bond acceptors (Lipinski definition) is 4. The van der Waals surface area contributed by atoms with Gasteiger partial charge in [-0.05, 0) is 19.1 Å². The maximum atomic E-state index is 11.1. The van der Waals surface area contributed by atoms with Crippen LogP contribution in [0.4, 0.5) is 0 Å². The van der Waals surface area contributed by atoms with Crippen LogP contribution in [0.2, 0.25) is 0 Å². The number of hydrogen-bond donors (Lipinski definition) is 1. The number of rotatable bonds is 6. The maximum Gasteiger partial charge on any atom is 0.158 e. The predicted octanol–water partition coefficient (Wildman–Crippen LogP) is 0.789. The van der Waals surface area contributed by atoms with Gasteiger partial charge in [-0.3, -0.25) is 4.79 Å². The molecule has 0 aromatic carbocycles. The highest BCUT2D eigenvalue weighted by Gasteiger charge is 2.16. The minimum Gasteiger partial charge on any atom is -0.469 e. The zero-order chi connectivity index (χ0) is 10.4. The first kappa shape index (κ1) is 10.9. The lowest BCUT2D eigenvalue weighted by atomic mass is 10.1. The van der Waals surface area contributed by atoms with Crippen LogP contribution >= 0.6 is 0 Å². The molecule has 1 unspecified atom stereocenters. The molecule has 0 spiro atoms. The van der Waals surface area contributed by atoms with Crippen molar-refractivity contribution in [2.45, 2.75) is 19.4 Å². The molecule has 4 heteroatoms. The van der Waals surface area contributed by atoms with Gasteiger partial charge in [0.05, 0.1) is 19.5 Å². The van der Waals surface area contributed by atoms with E-state index in [1.807, 2.05) is 0 Å². The third-order valence-corrected chi connectivity index (χ3v) is 1.83. The topological polar surface area (TPSA) is 59.7 Å². The second kappa shape index (κ2) is 5.57. The molecule has 0 saturated carbocycles. The van der Waals surface area contributed by atoms with Crippen LogP contribution < -0.4 is 0 Å². The normalized spacial score (nSPS) is 12.7. The Hall–Kier alpha value is -1.13. The molecular weight excluding hydrogens is 184 g/mol. The number of carbonyl (C=O) groups excluding carboxylic acids is 1. The third-order valence-electron chi connectivity index (χ3n) is 1.83. The molecule has 0 bridgehead atoms. The molecule has 1 atom stereocenters. The van der Waals surface area contributed by atoms with E-state index in [4.69, 9.17) is 14.3 Å².